The van der Waals surface area contributed by atoms with E-state index in [1.165, 1.54) is 6.92 Å². The van der Waals surface area contributed by atoms with Crippen LogP contribution >= 0.6 is 0 Å². The van der Waals surface area contributed by atoms with Crippen LogP contribution < -0.4 is 22.1 Å². The van der Waals surface area contributed by atoms with E-state index in [-0.39, 0.29) is 25.3 Å². The number of hydrogen-bond donors (Lipinski definition) is 6. The topological polar surface area (TPSA) is 196 Å². The Balaban J connectivity index is 2.80. The van der Waals surface area contributed by atoms with Gasteiger partial charge in [0.25, 0.3) is 0 Å². The lowest BCUT2D eigenvalue weighted by Gasteiger charge is -2.20. The zero-order valence-corrected chi connectivity index (χ0v) is 15.5. The molecule has 0 radical (unpaired) electrons. The number of aliphatic imine (C=N–C) groups is 1. The number of hydrogen-bond acceptors (Lipinski definition) is 6. The molecule has 1 rings (SSSR count). The zero-order valence-electron chi connectivity index (χ0n) is 15.5. The van der Waals surface area contributed by atoms with Gasteiger partial charge in [0.15, 0.2) is 5.96 Å². The molecule has 28 heavy (non-hydrogen) atoms. The molecule has 2 atom stereocenters. The smallest absolute Gasteiger partial charge is 0.325 e. The van der Waals surface area contributed by atoms with Gasteiger partial charge in [-0.25, -0.2) is 5.53 Å². The van der Waals surface area contributed by atoms with Gasteiger partial charge in [-0.1, -0.05) is 18.2 Å². The molecule has 152 valence electrons. The molecule has 0 aromatic heterocycles. The predicted octanol–water partition coefficient (Wildman–Crippen LogP) is 0.0193. The van der Waals surface area contributed by atoms with Crippen LogP contribution in [-0.4, -0.2) is 47.5 Å². The number of aliphatic carboxylic acids is 1. The van der Waals surface area contributed by atoms with Crippen LogP contribution in [0.25, 0.3) is 0 Å². The molecule has 0 heterocycles. The van der Waals surface area contributed by atoms with E-state index in [1.807, 2.05) is 0 Å². The van der Waals surface area contributed by atoms with Gasteiger partial charge in [0.1, 0.15) is 12.1 Å². The van der Waals surface area contributed by atoms with Crippen molar-refractivity contribution in [1.82, 2.24) is 10.6 Å². The monoisotopic (exact) mass is 391 g/mol. The highest BCUT2D eigenvalue weighted by Crippen LogP contribution is 2.18. The molecule has 1 aromatic rings. The lowest BCUT2D eigenvalue weighted by Crippen LogP contribution is -2.51. The van der Waals surface area contributed by atoms with Gasteiger partial charge in [0.2, 0.25) is 11.8 Å². The van der Waals surface area contributed by atoms with Gasteiger partial charge in [-0.2, -0.15) is 5.11 Å². The van der Waals surface area contributed by atoms with Crippen LogP contribution in [0.3, 0.4) is 0 Å². The molecular formula is C17H25N7O4. The number of nitrogens with one attached hydrogen (secondary N) is 3. The largest absolute Gasteiger partial charge is 0.480 e. The Morgan fingerprint density at radius 3 is 2.50 bits per heavy atom. The molecule has 2 unspecified atom stereocenters. The van der Waals surface area contributed by atoms with Crippen molar-refractivity contribution in [3.63, 3.8) is 0 Å². The van der Waals surface area contributed by atoms with E-state index in [1.54, 1.807) is 24.3 Å². The van der Waals surface area contributed by atoms with Crippen LogP contribution in [0, 0.1) is 5.53 Å². The van der Waals surface area contributed by atoms with Crippen molar-refractivity contribution in [1.29, 1.82) is 5.53 Å². The number of carbonyl (C=O) groups is 3. The van der Waals surface area contributed by atoms with Crippen LogP contribution in [-0.2, 0) is 20.8 Å². The SMILES string of the molecule is CC(NC(=O)C(CCCN=C(N)N)NC(=O)Cc1ccccc1N=N)C(=O)O. The number of rotatable bonds is 11. The first-order chi connectivity index (χ1) is 13.2. The predicted molar refractivity (Wildman–Crippen MR) is 102 cm³/mol. The van der Waals surface area contributed by atoms with Gasteiger partial charge in [0, 0.05) is 6.54 Å². The fourth-order valence-electron chi connectivity index (χ4n) is 2.34. The van der Waals surface area contributed by atoms with E-state index in [2.05, 4.69) is 20.7 Å². The lowest BCUT2D eigenvalue weighted by atomic mass is 10.1. The van der Waals surface area contributed by atoms with Crippen molar-refractivity contribution in [3.05, 3.63) is 29.8 Å². The maximum atomic E-state index is 12.4. The Kier molecular flexibility index (Phi) is 9.07. The molecule has 0 bridgehead atoms. The molecule has 0 spiro atoms. The van der Waals surface area contributed by atoms with E-state index in [0.717, 1.165) is 0 Å². The van der Waals surface area contributed by atoms with Crippen LogP contribution in [0.15, 0.2) is 34.4 Å². The van der Waals surface area contributed by atoms with Crippen molar-refractivity contribution in [2.24, 2.45) is 21.6 Å². The number of nitrogens with zero attached hydrogens (tertiary/aromatic N) is 2. The highest BCUT2D eigenvalue weighted by atomic mass is 16.4. The van der Waals surface area contributed by atoms with Gasteiger partial charge in [-0.3, -0.25) is 19.4 Å². The van der Waals surface area contributed by atoms with E-state index in [4.69, 9.17) is 22.1 Å². The number of carboxylic acid groups (broad SMARTS) is 1. The fraction of sp³-hybridized carbons (Fsp3) is 0.412. The minimum absolute atomic E-state index is 0.0787. The summed E-state index contributed by atoms with van der Waals surface area (Å²) in [4.78, 5) is 39.5. The molecular weight excluding hydrogens is 366 g/mol. The summed E-state index contributed by atoms with van der Waals surface area (Å²) in [6.45, 7) is 1.58. The second-order valence-electron chi connectivity index (χ2n) is 6.05. The number of carbonyl (C=O) groups excluding carboxylic acids is 2. The third-order valence-electron chi connectivity index (χ3n) is 3.79. The van der Waals surface area contributed by atoms with E-state index in [0.29, 0.717) is 17.7 Å². The molecule has 0 fully saturated rings. The zero-order chi connectivity index (χ0) is 21.1. The first kappa shape index (κ1) is 22.5. The molecule has 0 saturated heterocycles. The molecule has 8 N–H and O–H groups in total. The molecule has 11 nitrogen and oxygen atoms in total. The summed E-state index contributed by atoms with van der Waals surface area (Å²) >= 11 is 0. The molecule has 0 aliphatic heterocycles. The van der Waals surface area contributed by atoms with Gasteiger partial charge < -0.3 is 27.2 Å². The summed E-state index contributed by atoms with van der Waals surface area (Å²) in [5.74, 6) is -2.35. The quantitative estimate of drug-likeness (QED) is 0.133. The van der Waals surface area contributed by atoms with Gasteiger partial charge in [-0.15, -0.1) is 0 Å². The van der Waals surface area contributed by atoms with Crippen LogP contribution in [0.2, 0.25) is 0 Å². The first-order valence-corrected chi connectivity index (χ1v) is 8.58. The van der Waals surface area contributed by atoms with E-state index >= 15 is 0 Å². The van der Waals surface area contributed by atoms with Gasteiger partial charge in [0.05, 0.1) is 12.1 Å². The maximum Gasteiger partial charge on any atom is 0.325 e. The average molecular weight is 391 g/mol. The number of para-hydroxylation sites is 1. The van der Waals surface area contributed by atoms with Gasteiger partial charge >= 0.3 is 5.97 Å². The second-order valence-corrected chi connectivity index (χ2v) is 6.05. The van der Waals surface area contributed by atoms with Crippen LogP contribution in [0.5, 0.6) is 0 Å². The third kappa shape index (κ3) is 7.81. The van der Waals surface area contributed by atoms with E-state index < -0.39 is 29.9 Å². The summed E-state index contributed by atoms with van der Waals surface area (Å²) in [5, 5.41) is 17.2. The van der Waals surface area contributed by atoms with Crippen molar-refractivity contribution in [3.8, 4) is 0 Å². The number of guanidine groups is 1. The summed E-state index contributed by atoms with van der Waals surface area (Å²) < 4.78 is 0. The number of nitrogens with two attached hydrogens (primary N) is 2. The number of benzene rings is 1. The fourth-order valence-corrected chi connectivity index (χ4v) is 2.34. The molecule has 11 heteroatoms. The standard InChI is InChI=1S/C17H25N7O4/c1-10(16(27)28)22-15(26)13(7-4-8-21-17(18)19)23-14(25)9-11-5-2-3-6-12(11)24-20/h2-3,5-6,10,13,20H,4,7-9H2,1H3,(H,22,26)(H,23,25)(H,27,28)(H4,18,19,21). The molecule has 0 aliphatic rings. The Morgan fingerprint density at radius 1 is 1.21 bits per heavy atom. The van der Waals surface area contributed by atoms with Crippen LogP contribution in [0.1, 0.15) is 25.3 Å². The maximum absolute atomic E-state index is 12.4. The first-order valence-electron chi connectivity index (χ1n) is 8.58. The lowest BCUT2D eigenvalue weighted by molar-refractivity contribution is -0.141. The van der Waals surface area contributed by atoms with E-state index in [9.17, 15) is 14.4 Å². The third-order valence-corrected chi connectivity index (χ3v) is 3.79. The molecule has 1 aromatic carbocycles. The molecule has 0 aliphatic carbocycles. The number of carboxylic acids is 1. The summed E-state index contributed by atoms with van der Waals surface area (Å²) in [6.07, 6.45) is 0.534. The van der Waals surface area contributed by atoms with Crippen molar-refractivity contribution >= 4 is 29.4 Å². The highest BCUT2D eigenvalue weighted by Gasteiger charge is 2.24. The summed E-state index contributed by atoms with van der Waals surface area (Å²) in [5.41, 5.74) is 18.5. The normalized spacial score (nSPS) is 12.3. The Hall–Kier alpha value is -3.50. The van der Waals surface area contributed by atoms with Crippen molar-refractivity contribution in [2.45, 2.75) is 38.3 Å². The van der Waals surface area contributed by atoms with Gasteiger partial charge in [-0.05, 0) is 31.4 Å². The Morgan fingerprint density at radius 2 is 1.89 bits per heavy atom. The summed E-state index contributed by atoms with van der Waals surface area (Å²) in [6, 6.07) is 4.61. The van der Waals surface area contributed by atoms with Crippen LogP contribution in [0.4, 0.5) is 5.69 Å². The number of amides is 2. The highest BCUT2D eigenvalue weighted by molar-refractivity contribution is 5.91. The molecule has 0 saturated carbocycles. The minimum atomic E-state index is -1.19. The van der Waals surface area contributed by atoms with Crippen molar-refractivity contribution in [2.75, 3.05) is 6.54 Å². The average Bonchev–Trinajstić information content (AvgIpc) is 2.64. The Labute approximate surface area is 162 Å². The molecule has 2 amide bonds. The minimum Gasteiger partial charge on any atom is -0.480 e. The summed E-state index contributed by atoms with van der Waals surface area (Å²) in [7, 11) is 0. The second kappa shape index (κ2) is 11.3. The van der Waals surface area contributed by atoms with Crippen molar-refractivity contribution < 1.29 is 19.5 Å². The Bertz CT molecular complexity index is 747.